The lowest BCUT2D eigenvalue weighted by atomic mass is 10.0. The number of carbonyl (C=O) groups excluding carboxylic acids is 1. The second-order valence-corrected chi connectivity index (χ2v) is 11.0. The zero-order valence-corrected chi connectivity index (χ0v) is 20.0. The van der Waals surface area contributed by atoms with E-state index < -0.39 is 24.6 Å². The molecular weight excluding hydrogens is 403 g/mol. The van der Waals surface area contributed by atoms with Crippen molar-refractivity contribution in [2.24, 2.45) is 0 Å². The highest BCUT2D eigenvalue weighted by atomic mass is 31.2. The standard InChI is InChI=1S/C22H37N2O5P/c1-7-27-30(26,28-8-2)22(23-18(3)19-13-10-9-11-14-19)15-12-16-24(17-22)20(25)29-21(4,5)6/h9-11,13-14,18,23H,7-8,12,15-17H2,1-6H3/t18-,22+/m0/s1. The van der Waals surface area contributed by atoms with E-state index in [2.05, 4.69) is 5.32 Å². The molecule has 1 aromatic carbocycles. The third kappa shape index (κ3) is 6.07. The van der Waals surface area contributed by atoms with Gasteiger partial charge in [0.2, 0.25) is 0 Å². The van der Waals surface area contributed by atoms with Gasteiger partial charge < -0.3 is 18.7 Å². The minimum Gasteiger partial charge on any atom is -0.444 e. The smallest absolute Gasteiger partial charge is 0.410 e. The normalized spacial score (nSPS) is 21.3. The van der Waals surface area contributed by atoms with Crippen molar-refractivity contribution in [2.45, 2.75) is 71.3 Å². The Balaban J connectivity index is 2.39. The Kier molecular flexibility index (Phi) is 8.51. The van der Waals surface area contributed by atoms with Crippen LogP contribution < -0.4 is 5.32 Å². The molecule has 1 amide bonds. The van der Waals surface area contributed by atoms with Crippen LogP contribution in [0, 0.1) is 0 Å². The third-order valence-corrected chi connectivity index (χ3v) is 7.77. The highest BCUT2D eigenvalue weighted by Crippen LogP contribution is 2.62. The summed E-state index contributed by atoms with van der Waals surface area (Å²) in [6.45, 7) is 12.4. The van der Waals surface area contributed by atoms with Crippen molar-refractivity contribution in [1.29, 1.82) is 0 Å². The molecule has 8 heteroatoms. The summed E-state index contributed by atoms with van der Waals surface area (Å²) in [4.78, 5) is 14.4. The molecule has 1 N–H and O–H groups in total. The third-order valence-electron chi connectivity index (χ3n) is 5.03. The summed E-state index contributed by atoms with van der Waals surface area (Å²) in [6.07, 6.45) is 0.818. The number of carbonyl (C=O) groups is 1. The first-order valence-electron chi connectivity index (χ1n) is 10.8. The molecule has 1 aromatic rings. The lowest BCUT2D eigenvalue weighted by molar-refractivity contribution is 0.0136. The van der Waals surface area contributed by atoms with Gasteiger partial charge in [-0.05, 0) is 59.9 Å². The van der Waals surface area contributed by atoms with Gasteiger partial charge in [0.15, 0.2) is 0 Å². The molecule has 0 radical (unpaired) electrons. The average molecular weight is 441 g/mol. The fraction of sp³-hybridized carbons (Fsp3) is 0.682. The first-order valence-corrected chi connectivity index (χ1v) is 12.3. The van der Waals surface area contributed by atoms with Gasteiger partial charge in [-0.15, -0.1) is 0 Å². The SMILES string of the molecule is CCOP(=O)(OCC)[C@]1(N[C@@H](C)c2ccccc2)CCCN(C(=O)OC(C)(C)C)C1. The fourth-order valence-corrected chi connectivity index (χ4v) is 6.17. The number of amides is 1. The Morgan fingerprint density at radius 3 is 2.33 bits per heavy atom. The van der Waals surface area contributed by atoms with E-state index in [-0.39, 0.29) is 25.8 Å². The maximum absolute atomic E-state index is 14.0. The van der Waals surface area contributed by atoms with Crippen molar-refractivity contribution in [2.75, 3.05) is 26.3 Å². The van der Waals surface area contributed by atoms with Crippen molar-refractivity contribution in [1.82, 2.24) is 10.2 Å². The first-order chi connectivity index (χ1) is 14.1. The number of nitrogens with one attached hydrogen (secondary N) is 1. The molecule has 7 nitrogen and oxygen atoms in total. The lowest BCUT2D eigenvalue weighted by Gasteiger charge is -2.47. The lowest BCUT2D eigenvalue weighted by Crippen LogP contribution is -2.59. The topological polar surface area (TPSA) is 77.1 Å². The van der Waals surface area contributed by atoms with Gasteiger partial charge in [0.05, 0.1) is 19.8 Å². The largest absolute Gasteiger partial charge is 0.444 e. The minimum absolute atomic E-state index is 0.112. The van der Waals surface area contributed by atoms with E-state index in [1.807, 2.05) is 58.0 Å². The fourth-order valence-electron chi connectivity index (χ4n) is 3.79. The molecular formula is C22H37N2O5P. The Morgan fingerprint density at radius 1 is 1.20 bits per heavy atom. The predicted octanol–water partition coefficient (Wildman–Crippen LogP) is 5.33. The van der Waals surface area contributed by atoms with E-state index >= 15 is 0 Å². The summed E-state index contributed by atoms with van der Waals surface area (Å²) in [7, 11) is -3.59. The van der Waals surface area contributed by atoms with Gasteiger partial charge in [0.25, 0.3) is 0 Å². The molecule has 1 aliphatic heterocycles. The number of benzene rings is 1. The maximum Gasteiger partial charge on any atom is 0.410 e. The molecule has 2 rings (SSSR count). The summed E-state index contributed by atoms with van der Waals surface area (Å²) in [5, 5.41) is 2.52. The van der Waals surface area contributed by atoms with Crippen LogP contribution in [-0.2, 0) is 18.3 Å². The van der Waals surface area contributed by atoms with E-state index in [1.165, 1.54) is 0 Å². The van der Waals surface area contributed by atoms with Gasteiger partial charge in [-0.3, -0.25) is 9.88 Å². The van der Waals surface area contributed by atoms with Crippen LogP contribution >= 0.6 is 7.60 Å². The van der Waals surface area contributed by atoms with Crippen LogP contribution in [0.1, 0.15) is 66.0 Å². The number of hydrogen-bond acceptors (Lipinski definition) is 6. The molecule has 0 aromatic heterocycles. The molecule has 0 unspecified atom stereocenters. The average Bonchev–Trinajstić information content (AvgIpc) is 2.68. The summed E-state index contributed by atoms with van der Waals surface area (Å²) in [5.74, 6) is 0. The van der Waals surface area contributed by atoms with Gasteiger partial charge in [0.1, 0.15) is 10.9 Å². The van der Waals surface area contributed by atoms with Crippen LogP contribution in [0.25, 0.3) is 0 Å². The van der Waals surface area contributed by atoms with Crippen molar-refractivity contribution in [3.63, 3.8) is 0 Å². The van der Waals surface area contributed by atoms with E-state index in [9.17, 15) is 9.36 Å². The van der Waals surface area contributed by atoms with E-state index in [1.54, 1.807) is 18.7 Å². The van der Waals surface area contributed by atoms with E-state index in [0.717, 1.165) is 5.56 Å². The monoisotopic (exact) mass is 440 g/mol. The Bertz CT molecular complexity index is 727. The van der Waals surface area contributed by atoms with E-state index in [0.29, 0.717) is 19.4 Å². The summed E-state index contributed by atoms with van der Waals surface area (Å²) in [5.41, 5.74) is 0.455. The van der Waals surface area contributed by atoms with Gasteiger partial charge in [-0.25, -0.2) is 4.79 Å². The molecule has 2 atom stereocenters. The molecule has 0 saturated carbocycles. The Labute approximate surface area is 181 Å². The van der Waals surface area contributed by atoms with Gasteiger partial charge >= 0.3 is 13.7 Å². The molecule has 0 spiro atoms. The van der Waals surface area contributed by atoms with Crippen LogP contribution in [0.15, 0.2) is 30.3 Å². The van der Waals surface area contributed by atoms with Gasteiger partial charge in [-0.2, -0.15) is 0 Å². The Morgan fingerprint density at radius 2 is 1.80 bits per heavy atom. The summed E-state index contributed by atoms with van der Waals surface area (Å²) < 4.78 is 31.1. The van der Waals surface area contributed by atoms with Crippen molar-refractivity contribution in [3.05, 3.63) is 35.9 Å². The van der Waals surface area contributed by atoms with Gasteiger partial charge in [0, 0.05) is 12.6 Å². The molecule has 0 aliphatic carbocycles. The molecule has 1 saturated heterocycles. The Hall–Kier alpha value is -1.40. The predicted molar refractivity (Wildman–Crippen MR) is 119 cm³/mol. The first kappa shape index (κ1) is 24.9. The second-order valence-electron chi connectivity index (χ2n) is 8.65. The number of rotatable bonds is 8. The number of hydrogen-bond donors (Lipinski definition) is 1. The number of piperidine rings is 1. The second kappa shape index (κ2) is 10.3. The molecule has 1 heterocycles. The zero-order valence-electron chi connectivity index (χ0n) is 19.1. The van der Waals surface area contributed by atoms with Crippen LogP contribution in [0.3, 0.4) is 0 Å². The summed E-state index contributed by atoms with van der Waals surface area (Å²) >= 11 is 0. The molecule has 1 aliphatic rings. The van der Waals surface area contributed by atoms with Crippen LogP contribution in [0.4, 0.5) is 4.79 Å². The van der Waals surface area contributed by atoms with Crippen molar-refractivity contribution < 1.29 is 23.1 Å². The maximum atomic E-state index is 14.0. The van der Waals surface area contributed by atoms with Crippen LogP contribution in [-0.4, -0.2) is 48.2 Å². The molecule has 0 bridgehead atoms. The zero-order chi connectivity index (χ0) is 22.4. The molecule has 30 heavy (non-hydrogen) atoms. The number of ether oxygens (including phenoxy) is 1. The van der Waals surface area contributed by atoms with Gasteiger partial charge in [-0.1, -0.05) is 30.3 Å². The van der Waals surface area contributed by atoms with Crippen LogP contribution in [0.5, 0.6) is 0 Å². The summed E-state index contributed by atoms with van der Waals surface area (Å²) in [6, 6.07) is 9.83. The molecule has 1 fully saturated rings. The minimum atomic E-state index is -3.59. The highest BCUT2D eigenvalue weighted by molar-refractivity contribution is 7.55. The highest BCUT2D eigenvalue weighted by Gasteiger charge is 2.54. The number of likely N-dealkylation sites (tertiary alicyclic amines) is 1. The molecule has 170 valence electrons. The van der Waals surface area contributed by atoms with Crippen LogP contribution in [0.2, 0.25) is 0 Å². The van der Waals surface area contributed by atoms with E-state index in [4.69, 9.17) is 13.8 Å². The number of nitrogens with zero attached hydrogens (tertiary/aromatic N) is 1. The van der Waals surface area contributed by atoms with Crippen molar-refractivity contribution in [3.8, 4) is 0 Å². The quantitative estimate of drug-likeness (QED) is 0.551. The van der Waals surface area contributed by atoms with Crippen molar-refractivity contribution >= 4 is 13.7 Å².